The minimum atomic E-state index is -0.986. The SMILES string of the molecule is CC(C)(C)c1cccc(C#Cc2ccc(C(=O)O)cn2)c1. The third-order valence-corrected chi connectivity index (χ3v) is 3.07. The van der Waals surface area contributed by atoms with Crippen molar-refractivity contribution in [3.05, 3.63) is 65.0 Å². The van der Waals surface area contributed by atoms with E-state index in [1.165, 1.54) is 17.8 Å². The molecule has 3 nitrogen and oxygen atoms in total. The Balaban J connectivity index is 2.25. The highest BCUT2D eigenvalue weighted by Gasteiger charge is 2.12. The van der Waals surface area contributed by atoms with E-state index in [1.807, 2.05) is 12.1 Å². The monoisotopic (exact) mass is 279 g/mol. The number of carboxylic acids is 1. The van der Waals surface area contributed by atoms with Crippen LogP contribution in [-0.4, -0.2) is 16.1 Å². The van der Waals surface area contributed by atoms with Crippen molar-refractivity contribution in [2.24, 2.45) is 0 Å². The molecule has 21 heavy (non-hydrogen) atoms. The largest absolute Gasteiger partial charge is 0.478 e. The molecule has 0 saturated heterocycles. The molecule has 1 N–H and O–H groups in total. The molecule has 0 aliphatic rings. The summed E-state index contributed by atoms with van der Waals surface area (Å²) in [5.41, 5.74) is 2.95. The Morgan fingerprint density at radius 3 is 2.48 bits per heavy atom. The maximum atomic E-state index is 10.7. The van der Waals surface area contributed by atoms with Gasteiger partial charge in [0.05, 0.1) is 5.56 Å². The number of carbonyl (C=O) groups is 1. The van der Waals surface area contributed by atoms with Crippen LogP contribution in [0, 0.1) is 11.8 Å². The summed E-state index contributed by atoms with van der Waals surface area (Å²) in [5.74, 6) is 5.03. The van der Waals surface area contributed by atoms with Gasteiger partial charge in [-0.05, 0) is 41.2 Å². The van der Waals surface area contributed by atoms with Crippen molar-refractivity contribution in [1.82, 2.24) is 4.98 Å². The minimum Gasteiger partial charge on any atom is -0.478 e. The normalized spacial score (nSPS) is 10.6. The number of pyridine rings is 1. The van der Waals surface area contributed by atoms with Gasteiger partial charge < -0.3 is 5.11 Å². The predicted molar refractivity (Wildman–Crippen MR) is 82.3 cm³/mol. The van der Waals surface area contributed by atoms with Gasteiger partial charge in [-0.15, -0.1) is 0 Å². The second kappa shape index (κ2) is 5.80. The average molecular weight is 279 g/mol. The van der Waals surface area contributed by atoms with Gasteiger partial charge in [-0.2, -0.15) is 0 Å². The van der Waals surface area contributed by atoms with E-state index in [1.54, 1.807) is 6.07 Å². The van der Waals surface area contributed by atoms with Gasteiger partial charge in [0.25, 0.3) is 0 Å². The molecule has 0 unspecified atom stereocenters. The highest BCUT2D eigenvalue weighted by molar-refractivity contribution is 5.87. The highest BCUT2D eigenvalue weighted by Crippen LogP contribution is 2.22. The van der Waals surface area contributed by atoms with Crippen LogP contribution in [0.5, 0.6) is 0 Å². The molecule has 1 aromatic heterocycles. The summed E-state index contributed by atoms with van der Waals surface area (Å²) in [7, 11) is 0. The summed E-state index contributed by atoms with van der Waals surface area (Å²) in [6.07, 6.45) is 1.32. The zero-order valence-corrected chi connectivity index (χ0v) is 12.3. The third-order valence-electron chi connectivity index (χ3n) is 3.07. The fraction of sp³-hybridized carbons (Fsp3) is 0.222. The number of hydrogen-bond acceptors (Lipinski definition) is 2. The molecule has 0 fully saturated rings. The number of aromatic nitrogens is 1. The second-order valence-corrected chi connectivity index (χ2v) is 5.82. The Bertz CT molecular complexity index is 713. The Kier molecular flexibility index (Phi) is 4.09. The van der Waals surface area contributed by atoms with Crippen molar-refractivity contribution < 1.29 is 9.90 Å². The van der Waals surface area contributed by atoms with Gasteiger partial charge in [-0.3, -0.25) is 0 Å². The number of rotatable bonds is 1. The lowest BCUT2D eigenvalue weighted by Gasteiger charge is -2.18. The molecule has 0 aliphatic heterocycles. The van der Waals surface area contributed by atoms with Crippen LogP contribution >= 0.6 is 0 Å². The summed E-state index contributed by atoms with van der Waals surface area (Å²) in [6.45, 7) is 6.48. The van der Waals surface area contributed by atoms with Crippen molar-refractivity contribution in [2.45, 2.75) is 26.2 Å². The first kappa shape index (κ1) is 14.8. The molecule has 0 bridgehead atoms. The minimum absolute atomic E-state index is 0.0824. The van der Waals surface area contributed by atoms with Gasteiger partial charge in [0.2, 0.25) is 0 Å². The third kappa shape index (κ3) is 3.93. The molecular formula is C18H17NO2. The zero-order valence-electron chi connectivity index (χ0n) is 12.3. The summed E-state index contributed by atoms with van der Waals surface area (Å²) in [5, 5.41) is 8.81. The van der Waals surface area contributed by atoms with Gasteiger partial charge in [-0.1, -0.05) is 38.8 Å². The van der Waals surface area contributed by atoms with Crippen LogP contribution in [0.2, 0.25) is 0 Å². The van der Waals surface area contributed by atoms with E-state index in [0.29, 0.717) is 5.69 Å². The number of aromatic carboxylic acids is 1. The molecule has 3 heteroatoms. The predicted octanol–water partition coefficient (Wildman–Crippen LogP) is 3.48. The van der Waals surface area contributed by atoms with Crippen LogP contribution in [-0.2, 0) is 5.41 Å². The lowest BCUT2D eigenvalue weighted by Crippen LogP contribution is -2.10. The fourth-order valence-electron chi connectivity index (χ4n) is 1.79. The fourth-order valence-corrected chi connectivity index (χ4v) is 1.79. The van der Waals surface area contributed by atoms with E-state index in [2.05, 4.69) is 49.7 Å². The molecule has 2 aromatic rings. The summed E-state index contributed by atoms with van der Waals surface area (Å²) in [6, 6.07) is 11.2. The van der Waals surface area contributed by atoms with Crippen LogP contribution < -0.4 is 0 Å². The van der Waals surface area contributed by atoms with Crippen molar-refractivity contribution in [1.29, 1.82) is 0 Å². The quantitative estimate of drug-likeness (QED) is 0.813. The highest BCUT2D eigenvalue weighted by atomic mass is 16.4. The molecule has 1 aromatic carbocycles. The summed E-state index contributed by atoms with van der Waals surface area (Å²) >= 11 is 0. The van der Waals surface area contributed by atoms with E-state index in [-0.39, 0.29) is 11.0 Å². The molecule has 0 spiro atoms. The van der Waals surface area contributed by atoms with Gasteiger partial charge >= 0.3 is 5.97 Å². The van der Waals surface area contributed by atoms with Crippen LogP contribution in [0.4, 0.5) is 0 Å². The van der Waals surface area contributed by atoms with Crippen LogP contribution in [0.1, 0.15) is 48.0 Å². The molecule has 0 radical (unpaired) electrons. The standard InChI is InChI=1S/C18H17NO2/c1-18(2,3)15-6-4-5-13(11-15)7-9-16-10-8-14(12-19-16)17(20)21/h4-6,8,10-12H,1-3H3,(H,20,21). The van der Waals surface area contributed by atoms with Crippen molar-refractivity contribution in [2.75, 3.05) is 0 Å². The zero-order chi connectivity index (χ0) is 15.5. The lowest BCUT2D eigenvalue weighted by molar-refractivity contribution is 0.0696. The van der Waals surface area contributed by atoms with E-state index in [0.717, 1.165) is 5.56 Å². The molecule has 0 saturated carbocycles. The lowest BCUT2D eigenvalue weighted by atomic mass is 9.86. The van der Waals surface area contributed by atoms with E-state index in [4.69, 9.17) is 5.11 Å². The topological polar surface area (TPSA) is 50.2 Å². The molecular weight excluding hydrogens is 262 g/mol. The summed E-state index contributed by atoms with van der Waals surface area (Å²) < 4.78 is 0. The van der Waals surface area contributed by atoms with Crippen LogP contribution in [0.25, 0.3) is 0 Å². The molecule has 106 valence electrons. The van der Waals surface area contributed by atoms with Gasteiger partial charge in [0.15, 0.2) is 0 Å². The van der Waals surface area contributed by atoms with Gasteiger partial charge in [0, 0.05) is 11.8 Å². The Labute approximate surface area is 124 Å². The van der Waals surface area contributed by atoms with Crippen molar-refractivity contribution in [3.8, 4) is 11.8 Å². The van der Waals surface area contributed by atoms with E-state index < -0.39 is 5.97 Å². The van der Waals surface area contributed by atoms with E-state index in [9.17, 15) is 4.79 Å². The Morgan fingerprint density at radius 1 is 1.14 bits per heavy atom. The van der Waals surface area contributed by atoms with E-state index >= 15 is 0 Å². The molecule has 2 rings (SSSR count). The van der Waals surface area contributed by atoms with Gasteiger partial charge in [-0.25, -0.2) is 9.78 Å². The number of nitrogens with zero attached hydrogens (tertiary/aromatic N) is 1. The Hall–Kier alpha value is -2.60. The first-order chi connectivity index (χ1) is 9.86. The van der Waals surface area contributed by atoms with Crippen molar-refractivity contribution in [3.63, 3.8) is 0 Å². The molecule has 0 atom stereocenters. The molecule has 0 aliphatic carbocycles. The smallest absolute Gasteiger partial charge is 0.337 e. The molecule has 0 amide bonds. The maximum Gasteiger partial charge on any atom is 0.337 e. The maximum absolute atomic E-state index is 10.7. The number of hydrogen-bond donors (Lipinski definition) is 1. The number of benzene rings is 1. The average Bonchev–Trinajstić information content (AvgIpc) is 2.45. The van der Waals surface area contributed by atoms with Crippen LogP contribution in [0.3, 0.4) is 0 Å². The first-order valence-corrected chi connectivity index (χ1v) is 6.68. The first-order valence-electron chi connectivity index (χ1n) is 6.68. The van der Waals surface area contributed by atoms with Gasteiger partial charge in [0.1, 0.15) is 5.69 Å². The van der Waals surface area contributed by atoms with Crippen LogP contribution in [0.15, 0.2) is 42.6 Å². The Morgan fingerprint density at radius 2 is 1.90 bits per heavy atom. The molecule has 1 heterocycles. The van der Waals surface area contributed by atoms with Crippen molar-refractivity contribution >= 4 is 5.97 Å². The number of carboxylic acid groups (broad SMARTS) is 1. The second-order valence-electron chi connectivity index (χ2n) is 5.82. The summed E-state index contributed by atoms with van der Waals surface area (Å²) in [4.78, 5) is 14.8.